The quantitative estimate of drug-likeness (QED) is 0.638. The van der Waals surface area contributed by atoms with E-state index in [4.69, 9.17) is 9.47 Å². The SMILES string of the molecule is COc1ccc(S(=O)(=O)NCCN(CCN(C)C)C(C)=O)cc1OC. The van der Waals surface area contributed by atoms with Gasteiger partial charge in [-0.15, -0.1) is 0 Å². The fourth-order valence-corrected chi connectivity index (χ4v) is 3.17. The zero-order valence-corrected chi connectivity index (χ0v) is 16.2. The largest absolute Gasteiger partial charge is 0.493 e. The third-order valence-corrected chi connectivity index (χ3v) is 5.06. The number of benzene rings is 1. The van der Waals surface area contributed by atoms with Crippen molar-refractivity contribution in [3.63, 3.8) is 0 Å². The molecular weight excluding hydrogens is 346 g/mol. The summed E-state index contributed by atoms with van der Waals surface area (Å²) in [6, 6.07) is 4.38. The van der Waals surface area contributed by atoms with Gasteiger partial charge in [-0.3, -0.25) is 4.79 Å². The van der Waals surface area contributed by atoms with Crippen LogP contribution in [0.4, 0.5) is 0 Å². The summed E-state index contributed by atoms with van der Waals surface area (Å²) in [5.74, 6) is 0.696. The Morgan fingerprint density at radius 3 is 2.24 bits per heavy atom. The van der Waals surface area contributed by atoms with Gasteiger partial charge < -0.3 is 19.3 Å². The van der Waals surface area contributed by atoms with Gasteiger partial charge in [0.15, 0.2) is 11.5 Å². The Hall–Kier alpha value is -1.84. The summed E-state index contributed by atoms with van der Waals surface area (Å²) in [4.78, 5) is 15.3. The van der Waals surface area contributed by atoms with Gasteiger partial charge in [0.05, 0.1) is 19.1 Å². The average molecular weight is 373 g/mol. The Morgan fingerprint density at radius 2 is 1.72 bits per heavy atom. The van der Waals surface area contributed by atoms with Crippen molar-refractivity contribution in [2.24, 2.45) is 0 Å². The molecule has 1 aromatic rings. The minimum Gasteiger partial charge on any atom is -0.493 e. The fraction of sp³-hybridized carbons (Fsp3) is 0.562. The van der Waals surface area contributed by atoms with Gasteiger partial charge in [0.25, 0.3) is 0 Å². The van der Waals surface area contributed by atoms with Gasteiger partial charge in [-0.2, -0.15) is 0 Å². The van der Waals surface area contributed by atoms with Crippen molar-refractivity contribution in [2.75, 3.05) is 54.5 Å². The molecule has 0 aromatic heterocycles. The molecule has 0 fully saturated rings. The maximum Gasteiger partial charge on any atom is 0.240 e. The second kappa shape index (κ2) is 9.59. The first-order valence-corrected chi connectivity index (χ1v) is 9.31. The number of hydrogen-bond donors (Lipinski definition) is 1. The summed E-state index contributed by atoms with van der Waals surface area (Å²) in [5, 5.41) is 0. The van der Waals surface area contributed by atoms with Crippen molar-refractivity contribution in [3.05, 3.63) is 18.2 Å². The number of amides is 1. The molecule has 142 valence electrons. The number of nitrogens with one attached hydrogen (secondary N) is 1. The highest BCUT2D eigenvalue weighted by atomic mass is 32.2. The van der Waals surface area contributed by atoms with Crippen LogP contribution in [0, 0.1) is 0 Å². The molecule has 0 saturated heterocycles. The number of sulfonamides is 1. The summed E-state index contributed by atoms with van der Waals surface area (Å²) < 4.78 is 37.5. The molecule has 0 spiro atoms. The van der Waals surface area contributed by atoms with Crippen LogP contribution >= 0.6 is 0 Å². The molecular formula is C16H27N3O5S. The standard InChI is InChI=1S/C16H27N3O5S/c1-13(20)19(11-10-18(2)3)9-8-17-25(21,22)14-6-7-15(23-4)16(12-14)24-5/h6-7,12,17H,8-11H2,1-5H3. The van der Waals surface area contributed by atoms with Crippen LogP contribution in [0.2, 0.25) is 0 Å². The van der Waals surface area contributed by atoms with Crippen LogP contribution in [-0.2, 0) is 14.8 Å². The minimum atomic E-state index is -3.70. The summed E-state index contributed by atoms with van der Waals surface area (Å²) in [7, 11) is 3.05. The Labute approximate surface area is 149 Å². The van der Waals surface area contributed by atoms with Crippen molar-refractivity contribution in [1.82, 2.24) is 14.5 Å². The average Bonchev–Trinajstić information content (AvgIpc) is 2.56. The first-order chi connectivity index (χ1) is 11.7. The molecule has 0 heterocycles. The lowest BCUT2D eigenvalue weighted by Crippen LogP contribution is -2.40. The van der Waals surface area contributed by atoms with E-state index >= 15 is 0 Å². The number of carbonyl (C=O) groups is 1. The lowest BCUT2D eigenvalue weighted by molar-refractivity contribution is -0.128. The maximum absolute atomic E-state index is 12.4. The van der Waals surface area contributed by atoms with Crippen LogP contribution in [0.5, 0.6) is 11.5 Å². The Balaban J connectivity index is 2.73. The lowest BCUT2D eigenvalue weighted by atomic mass is 10.3. The zero-order chi connectivity index (χ0) is 19.0. The predicted molar refractivity (Wildman–Crippen MR) is 95.5 cm³/mol. The van der Waals surface area contributed by atoms with Gasteiger partial charge in [-0.05, 0) is 26.2 Å². The second-order valence-corrected chi connectivity index (χ2v) is 7.49. The first kappa shape index (κ1) is 21.2. The predicted octanol–water partition coefficient (Wildman–Crippen LogP) is 0.392. The van der Waals surface area contributed by atoms with E-state index in [0.717, 1.165) is 0 Å². The van der Waals surface area contributed by atoms with Crippen LogP contribution in [0.25, 0.3) is 0 Å². The third kappa shape index (κ3) is 6.52. The molecule has 8 nitrogen and oxygen atoms in total. The van der Waals surface area contributed by atoms with E-state index < -0.39 is 10.0 Å². The number of rotatable bonds is 10. The number of carbonyl (C=O) groups excluding carboxylic acids is 1. The van der Waals surface area contributed by atoms with Crippen LogP contribution in [0.3, 0.4) is 0 Å². The summed E-state index contributed by atoms with van der Waals surface area (Å²) in [6.07, 6.45) is 0. The van der Waals surface area contributed by atoms with E-state index in [2.05, 4.69) is 4.72 Å². The molecule has 0 atom stereocenters. The lowest BCUT2D eigenvalue weighted by Gasteiger charge is -2.23. The molecule has 25 heavy (non-hydrogen) atoms. The van der Waals surface area contributed by atoms with Crippen LogP contribution in [0.1, 0.15) is 6.92 Å². The Morgan fingerprint density at radius 1 is 1.08 bits per heavy atom. The first-order valence-electron chi connectivity index (χ1n) is 7.83. The van der Waals surface area contributed by atoms with Crippen molar-refractivity contribution >= 4 is 15.9 Å². The summed E-state index contributed by atoms with van der Waals surface area (Å²) in [5.41, 5.74) is 0. The number of ether oxygens (including phenoxy) is 2. The molecule has 1 aromatic carbocycles. The molecule has 1 amide bonds. The molecule has 0 bridgehead atoms. The van der Waals surface area contributed by atoms with Gasteiger partial charge in [-0.25, -0.2) is 13.1 Å². The molecule has 1 N–H and O–H groups in total. The normalized spacial score (nSPS) is 11.4. The highest BCUT2D eigenvalue weighted by Gasteiger charge is 2.17. The van der Waals surface area contributed by atoms with Crippen molar-refractivity contribution in [3.8, 4) is 11.5 Å². The summed E-state index contributed by atoms with van der Waals surface area (Å²) in [6.45, 7) is 3.15. The molecule has 0 aliphatic rings. The van der Waals surface area contributed by atoms with E-state index in [1.54, 1.807) is 4.90 Å². The highest BCUT2D eigenvalue weighted by Crippen LogP contribution is 2.29. The van der Waals surface area contributed by atoms with E-state index in [1.807, 2.05) is 19.0 Å². The smallest absolute Gasteiger partial charge is 0.240 e. The molecule has 1 rings (SSSR count). The monoisotopic (exact) mass is 373 g/mol. The van der Waals surface area contributed by atoms with Gasteiger partial charge >= 0.3 is 0 Å². The molecule has 0 aliphatic heterocycles. The highest BCUT2D eigenvalue weighted by molar-refractivity contribution is 7.89. The third-order valence-electron chi connectivity index (χ3n) is 3.60. The molecule has 0 radical (unpaired) electrons. The van der Waals surface area contributed by atoms with Gasteiger partial charge in [0.1, 0.15) is 0 Å². The molecule has 0 unspecified atom stereocenters. The van der Waals surface area contributed by atoms with Gasteiger partial charge in [0.2, 0.25) is 15.9 Å². The van der Waals surface area contributed by atoms with Gasteiger partial charge in [0, 0.05) is 39.2 Å². The number of nitrogens with zero attached hydrogens (tertiary/aromatic N) is 2. The van der Waals surface area contributed by atoms with Gasteiger partial charge in [-0.1, -0.05) is 0 Å². The Bertz CT molecular complexity index is 676. The maximum atomic E-state index is 12.4. The van der Waals surface area contributed by atoms with Crippen molar-refractivity contribution in [2.45, 2.75) is 11.8 Å². The molecule has 9 heteroatoms. The molecule has 0 aliphatic carbocycles. The van der Waals surface area contributed by atoms with Crippen LogP contribution in [0.15, 0.2) is 23.1 Å². The fourth-order valence-electron chi connectivity index (χ4n) is 2.13. The number of likely N-dealkylation sites (N-methyl/N-ethyl adjacent to an activating group) is 1. The van der Waals surface area contributed by atoms with Crippen LogP contribution < -0.4 is 14.2 Å². The van der Waals surface area contributed by atoms with Crippen molar-refractivity contribution in [1.29, 1.82) is 0 Å². The topological polar surface area (TPSA) is 88.2 Å². The number of hydrogen-bond acceptors (Lipinski definition) is 6. The number of methoxy groups -OCH3 is 2. The van der Waals surface area contributed by atoms with E-state index in [0.29, 0.717) is 31.1 Å². The minimum absolute atomic E-state index is 0.0767. The van der Waals surface area contributed by atoms with Crippen LogP contribution in [-0.4, -0.2) is 78.6 Å². The van der Waals surface area contributed by atoms with Crippen molar-refractivity contribution < 1.29 is 22.7 Å². The Kier molecular flexibility index (Phi) is 8.14. The summed E-state index contributed by atoms with van der Waals surface area (Å²) >= 11 is 0. The second-order valence-electron chi connectivity index (χ2n) is 5.72. The zero-order valence-electron chi connectivity index (χ0n) is 15.4. The van der Waals surface area contributed by atoms with E-state index in [-0.39, 0.29) is 17.3 Å². The van der Waals surface area contributed by atoms with E-state index in [1.165, 1.54) is 39.3 Å². The van der Waals surface area contributed by atoms with E-state index in [9.17, 15) is 13.2 Å². The molecule has 0 saturated carbocycles.